The molecule has 1 N–H and O–H groups in total. The van der Waals surface area contributed by atoms with Gasteiger partial charge in [-0.1, -0.05) is 23.7 Å². The van der Waals surface area contributed by atoms with E-state index in [2.05, 4.69) is 16.4 Å². The van der Waals surface area contributed by atoms with Gasteiger partial charge in [-0.15, -0.1) is 0 Å². The van der Waals surface area contributed by atoms with Gasteiger partial charge in [0.25, 0.3) is 0 Å². The Labute approximate surface area is 99.6 Å². The van der Waals surface area contributed by atoms with Crippen molar-refractivity contribution < 1.29 is 0 Å². The van der Waals surface area contributed by atoms with Crippen LogP contribution >= 0.6 is 11.6 Å². The summed E-state index contributed by atoms with van der Waals surface area (Å²) < 4.78 is 0. The van der Waals surface area contributed by atoms with Crippen molar-refractivity contribution >= 4 is 22.5 Å². The van der Waals surface area contributed by atoms with E-state index in [0.29, 0.717) is 0 Å². The molecule has 82 valence electrons. The topological polar surface area (TPSA) is 24.9 Å². The van der Waals surface area contributed by atoms with Gasteiger partial charge in [-0.25, -0.2) is 0 Å². The Bertz CT molecular complexity index is 547. The molecule has 1 fully saturated rings. The number of rotatable bonds is 2. The third-order valence-electron chi connectivity index (χ3n) is 3.43. The van der Waals surface area contributed by atoms with E-state index in [1.54, 1.807) is 0 Å². The second-order valence-electron chi connectivity index (χ2n) is 4.33. The van der Waals surface area contributed by atoms with Crippen LogP contribution in [0.3, 0.4) is 0 Å². The quantitative estimate of drug-likeness (QED) is 0.861. The Balaban J connectivity index is 2.33. The number of fused-ring (bicyclic) bond motifs is 1. The molecule has 0 amide bonds. The first-order valence-electron chi connectivity index (χ1n) is 5.49. The SMILES string of the molecule is CNC1(c2c(Cl)ccc3cccnc23)CC1. The lowest BCUT2D eigenvalue weighted by molar-refractivity contribution is 0.589. The highest BCUT2D eigenvalue weighted by atomic mass is 35.5. The molecule has 0 atom stereocenters. The monoisotopic (exact) mass is 232 g/mol. The summed E-state index contributed by atoms with van der Waals surface area (Å²) in [5, 5.41) is 5.35. The van der Waals surface area contributed by atoms with Gasteiger partial charge in [0.15, 0.2) is 0 Å². The molecule has 16 heavy (non-hydrogen) atoms. The minimum absolute atomic E-state index is 0.0605. The number of nitrogens with one attached hydrogen (secondary N) is 1. The fraction of sp³-hybridized carbons (Fsp3) is 0.308. The second kappa shape index (κ2) is 3.44. The van der Waals surface area contributed by atoms with Gasteiger partial charge in [-0.2, -0.15) is 0 Å². The first kappa shape index (κ1) is 10.1. The minimum atomic E-state index is 0.0605. The average Bonchev–Trinajstić information content (AvgIpc) is 3.10. The third kappa shape index (κ3) is 1.34. The maximum Gasteiger partial charge on any atom is 0.0767 e. The number of benzene rings is 1. The zero-order valence-electron chi connectivity index (χ0n) is 9.13. The van der Waals surface area contributed by atoms with Crippen molar-refractivity contribution in [1.82, 2.24) is 10.3 Å². The number of nitrogens with zero attached hydrogens (tertiary/aromatic N) is 1. The smallest absolute Gasteiger partial charge is 0.0767 e. The van der Waals surface area contributed by atoms with Crippen molar-refractivity contribution in [3.63, 3.8) is 0 Å². The largest absolute Gasteiger partial charge is 0.310 e. The summed E-state index contributed by atoms with van der Waals surface area (Å²) >= 11 is 6.33. The highest BCUT2D eigenvalue weighted by molar-refractivity contribution is 6.32. The lowest BCUT2D eigenvalue weighted by Crippen LogP contribution is -2.25. The van der Waals surface area contributed by atoms with Crippen LogP contribution in [0.25, 0.3) is 10.9 Å². The summed E-state index contributed by atoms with van der Waals surface area (Å²) in [5.74, 6) is 0. The van der Waals surface area contributed by atoms with Gasteiger partial charge >= 0.3 is 0 Å². The molecule has 0 bridgehead atoms. The number of pyridine rings is 1. The second-order valence-corrected chi connectivity index (χ2v) is 4.74. The Hall–Kier alpha value is -1.12. The van der Waals surface area contributed by atoms with Crippen molar-refractivity contribution in [2.24, 2.45) is 0 Å². The molecule has 3 rings (SSSR count). The van der Waals surface area contributed by atoms with Crippen molar-refractivity contribution in [2.45, 2.75) is 18.4 Å². The van der Waals surface area contributed by atoms with Crippen molar-refractivity contribution in [1.29, 1.82) is 0 Å². The molecule has 0 aliphatic heterocycles. The van der Waals surface area contributed by atoms with Gasteiger partial charge < -0.3 is 5.32 Å². The summed E-state index contributed by atoms with van der Waals surface area (Å²) in [6.07, 6.45) is 4.10. The van der Waals surface area contributed by atoms with Crippen LogP contribution in [0, 0.1) is 0 Å². The highest BCUT2D eigenvalue weighted by Gasteiger charge is 2.45. The fourth-order valence-corrected chi connectivity index (χ4v) is 2.66. The molecule has 3 heteroatoms. The van der Waals surface area contributed by atoms with Crippen LogP contribution in [0.1, 0.15) is 18.4 Å². The summed E-state index contributed by atoms with van der Waals surface area (Å²) in [6, 6.07) is 8.03. The van der Waals surface area contributed by atoms with E-state index >= 15 is 0 Å². The van der Waals surface area contributed by atoms with E-state index in [4.69, 9.17) is 11.6 Å². The zero-order valence-corrected chi connectivity index (χ0v) is 9.88. The molecule has 2 nitrogen and oxygen atoms in total. The molecular weight excluding hydrogens is 220 g/mol. The molecule has 2 aromatic rings. The molecule has 1 aromatic carbocycles. The maximum atomic E-state index is 6.33. The van der Waals surface area contributed by atoms with Crippen LogP contribution in [0.15, 0.2) is 30.5 Å². The standard InChI is InChI=1S/C13H13ClN2/c1-15-13(6-7-13)11-10(14)5-4-9-3-2-8-16-12(9)11/h2-5,8,15H,6-7H2,1H3. The molecule has 1 aliphatic carbocycles. The normalized spacial score (nSPS) is 17.6. The highest BCUT2D eigenvalue weighted by Crippen LogP contribution is 2.49. The Morgan fingerprint density at radius 2 is 2.12 bits per heavy atom. The van der Waals surface area contributed by atoms with Gasteiger partial charge in [0, 0.05) is 27.7 Å². The van der Waals surface area contributed by atoms with Crippen LogP contribution in [-0.2, 0) is 5.54 Å². The molecular formula is C13H13ClN2. The molecule has 0 unspecified atom stereocenters. The molecule has 1 heterocycles. The predicted molar refractivity (Wildman–Crippen MR) is 66.7 cm³/mol. The van der Waals surface area contributed by atoms with Crippen molar-refractivity contribution in [3.8, 4) is 0 Å². The fourth-order valence-electron chi connectivity index (χ4n) is 2.33. The van der Waals surface area contributed by atoms with Gasteiger partial charge in [0.2, 0.25) is 0 Å². The predicted octanol–water partition coefficient (Wildman–Crippen LogP) is 3.10. The van der Waals surface area contributed by atoms with E-state index < -0.39 is 0 Å². The lowest BCUT2D eigenvalue weighted by Gasteiger charge is -2.18. The van der Waals surface area contributed by atoms with Crippen molar-refractivity contribution in [2.75, 3.05) is 7.05 Å². The van der Waals surface area contributed by atoms with Gasteiger partial charge in [-0.05, 0) is 32.0 Å². The van der Waals surface area contributed by atoms with Gasteiger partial charge in [0.05, 0.1) is 5.52 Å². The first-order valence-corrected chi connectivity index (χ1v) is 5.87. The summed E-state index contributed by atoms with van der Waals surface area (Å²) in [5.41, 5.74) is 2.25. The Morgan fingerprint density at radius 1 is 1.31 bits per heavy atom. The number of hydrogen-bond acceptors (Lipinski definition) is 2. The maximum absolute atomic E-state index is 6.33. The third-order valence-corrected chi connectivity index (χ3v) is 3.75. The molecule has 0 saturated heterocycles. The van der Waals surface area contributed by atoms with E-state index in [0.717, 1.165) is 34.3 Å². The van der Waals surface area contributed by atoms with Crippen LogP contribution in [0.5, 0.6) is 0 Å². The minimum Gasteiger partial charge on any atom is -0.310 e. The zero-order chi connectivity index (χ0) is 11.2. The number of hydrogen-bond donors (Lipinski definition) is 1. The van der Waals surface area contributed by atoms with Crippen LogP contribution in [0.2, 0.25) is 5.02 Å². The van der Waals surface area contributed by atoms with E-state index in [-0.39, 0.29) is 5.54 Å². The Morgan fingerprint density at radius 3 is 2.81 bits per heavy atom. The molecule has 0 spiro atoms. The summed E-state index contributed by atoms with van der Waals surface area (Å²) in [7, 11) is 1.99. The van der Waals surface area contributed by atoms with Crippen LogP contribution in [0.4, 0.5) is 0 Å². The van der Waals surface area contributed by atoms with E-state index in [1.165, 1.54) is 0 Å². The first-order chi connectivity index (χ1) is 7.77. The average molecular weight is 233 g/mol. The lowest BCUT2D eigenvalue weighted by atomic mass is 10.0. The molecule has 1 aromatic heterocycles. The van der Waals surface area contributed by atoms with Crippen molar-refractivity contribution in [3.05, 3.63) is 41.0 Å². The summed E-state index contributed by atoms with van der Waals surface area (Å²) in [6.45, 7) is 0. The van der Waals surface area contributed by atoms with Gasteiger partial charge in [-0.3, -0.25) is 4.98 Å². The Kier molecular flexibility index (Phi) is 2.16. The number of halogens is 1. The van der Waals surface area contributed by atoms with Gasteiger partial charge in [0.1, 0.15) is 0 Å². The van der Waals surface area contributed by atoms with E-state index in [9.17, 15) is 0 Å². The molecule has 1 aliphatic rings. The van der Waals surface area contributed by atoms with Crippen LogP contribution < -0.4 is 5.32 Å². The number of aromatic nitrogens is 1. The van der Waals surface area contributed by atoms with E-state index in [1.807, 2.05) is 31.4 Å². The molecule has 0 radical (unpaired) electrons. The summed E-state index contributed by atoms with van der Waals surface area (Å²) in [4.78, 5) is 4.47. The van der Waals surface area contributed by atoms with Crippen LogP contribution in [-0.4, -0.2) is 12.0 Å². The molecule has 1 saturated carbocycles.